The van der Waals surface area contributed by atoms with E-state index in [0.717, 1.165) is 11.3 Å². The molecule has 0 spiro atoms. The predicted molar refractivity (Wildman–Crippen MR) is 83.4 cm³/mol. The first kappa shape index (κ1) is 15.0. The summed E-state index contributed by atoms with van der Waals surface area (Å²) < 4.78 is 5.58. The lowest BCUT2D eigenvalue weighted by Crippen LogP contribution is -2.32. The van der Waals surface area contributed by atoms with Crippen LogP contribution in [0.5, 0.6) is 5.75 Å². The van der Waals surface area contributed by atoms with Crippen molar-refractivity contribution in [2.75, 3.05) is 13.2 Å². The van der Waals surface area contributed by atoms with Gasteiger partial charge in [0.15, 0.2) is 0 Å². The third kappa shape index (κ3) is 4.63. The summed E-state index contributed by atoms with van der Waals surface area (Å²) in [6.45, 7) is 4.94. The molecule has 4 heteroatoms. The van der Waals surface area contributed by atoms with Crippen molar-refractivity contribution >= 4 is 11.3 Å². The molecular formula is C16H21NO2S. The van der Waals surface area contributed by atoms with E-state index >= 15 is 0 Å². The van der Waals surface area contributed by atoms with Crippen LogP contribution in [0.1, 0.15) is 23.4 Å². The van der Waals surface area contributed by atoms with Gasteiger partial charge in [0.05, 0.1) is 0 Å². The molecule has 2 rings (SSSR count). The summed E-state index contributed by atoms with van der Waals surface area (Å²) in [5.41, 5.74) is 1.15. The van der Waals surface area contributed by atoms with Crippen molar-refractivity contribution in [1.82, 2.24) is 5.32 Å². The van der Waals surface area contributed by atoms with Crippen LogP contribution in [-0.2, 0) is 0 Å². The number of rotatable bonds is 7. The van der Waals surface area contributed by atoms with Crippen LogP contribution in [0, 0.1) is 6.92 Å². The second-order valence-corrected chi connectivity index (χ2v) is 5.91. The molecule has 0 radical (unpaired) electrons. The molecule has 0 saturated carbocycles. The first-order valence-corrected chi connectivity index (χ1v) is 7.67. The fourth-order valence-electron chi connectivity index (χ4n) is 1.91. The molecule has 108 valence electrons. The summed E-state index contributed by atoms with van der Waals surface area (Å²) in [5.74, 6) is 0.801. The van der Waals surface area contributed by atoms with E-state index in [-0.39, 0.29) is 6.04 Å². The number of thiophene rings is 1. The third-order valence-electron chi connectivity index (χ3n) is 3.06. The molecule has 1 heterocycles. The first-order chi connectivity index (χ1) is 9.65. The molecule has 1 aromatic heterocycles. The molecule has 2 N–H and O–H groups in total. The van der Waals surface area contributed by atoms with Crippen LogP contribution in [0.4, 0.5) is 0 Å². The number of benzene rings is 1. The lowest BCUT2D eigenvalue weighted by molar-refractivity contribution is 0.104. The number of ether oxygens (including phenoxy) is 1. The Kier molecular flexibility index (Phi) is 5.59. The van der Waals surface area contributed by atoms with Gasteiger partial charge in [-0.05, 0) is 43.0 Å². The Morgan fingerprint density at radius 3 is 2.85 bits per heavy atom. The zero-order valence-corrected chi connectivity index (χ0v) is 12.7. The molecule has 0 aliphatic heterocycles. The number of hydrogen-bond acceptors (Lipinski definition) is 4. The smallest absolute Gasteiger partial charge is 0.119 e. The van der Waals surface area contributed by atoms with Crippen LogP contribution in [0.15, 0.2) is 41.8 Å². The Morgan fingerprint density at radius 1 is 1.30 bits per heavy atom. The normalized spacial score (nSPS) is 13.9. The zero-order chi connectivity index (χ0) is 14.4. The lowest BCUT2D eigenvalue weighted by atomic mass is 10.2. The van der Waals surface area contributed by atoms with E-state index in [2.05, 4.69) is 23.7 Å². The van der Waals surface area contributed by atoms with Gasteiger partial charge in [-0.2, -0.15) is 0 Å². The standard InChI is InChI=1S/C16H21NO2S/c1-12-5-3-6-15(9-12)19-11-14(18)10-17-13(2)16-7-4-8-20-16/h3-9,13-14,17-18H,10-11H2,1-2H3/t13-,14?/m0/s1. The highest BCUT2D eigenvalue weighted by molar-refractivity contribution is 7.10. The van der Waals surface area contributed by atoms with Crippen molar-refractivity contribution in [2.24, 2.45) is 0 Å². The highest BCUT2D eigenvalue weighted by Gasteiger charge is 2.10. The van der Waals surface area contributed by atoms with Gasteiger partial charge < -0.3 is 15.2 Å². The summed E-state index contributed by atoms with van der Waals surface area (Å²) in [6, 6.07) is 12.2. The van der Waals surface area contributed by atoms with Crippen LogP contribution in [0.2, 0.25) is 0 Å². The number of aryl methyl sites for hydroxylation is 1. The molecule has 0 fully saturated rings. The molecule has 1 aromatic carbocycles. The molecule has 0 bridgehead atoms. The summed E-state index contributed by atoms with van der Waals surface area (Å²) in [5, 5.41) is 15.3. The number of nitrogens with one attached hydrogen (secondary N) is 1. The topological polar surface area (TPSA) is 41.5 Å². The summed E-state index contributed by atoms with van der Waals surface area (Å²) in [4.78, 5) is 1.27. The Balaban J connectivity index is 1.71. The molecular weight excluding hydrogens is 270 g/mol. The van der Waals surface area contributed by atoms with E-state index in [1.54, 1.807) is 11.3 Å². The van der Waals surface area contributed by atoms with Gasteiger partial charge in [-0.3, -0.25) is 0 Å². The Hall–Kier alpha value is -1.36. The molecule has 2 atom stereocenters. The van der Waals surface area contributed by atoms with Crippen LogP contribution in [-0.4, -0.2) is 24.4 Å². The average molecular weight is 291 g/mol. The second-order valence-electron chi connectivity index (χ2n) is 4.93. The van der Waals surface area contributed by atoms with Crippen molar-refractivity contribution in [3.8, 4) is 5.75 Å². The summed E-state index contributed by atoms with van der Waals surface area (Å²) in [7, 11) is 0. The van der Waals surface area contributed by atoms with Crippen molar-refractivity contribution in [1.29, 1.82) is 0 Å². The maximum Gasteiger partial charge on any atom is 0.119 e. The van der Waals surface area contributed by atoms with Crippen molar-refractivity contribution < 1.29 is 9.84 Å². The van der Waals surface area contributed by atoms with E-state index < -0.39 is 6.10 Å². The minimum Gasteiger partial charge on any atom is -0.491 e. The van der Waals surface area contributed by atoms with E-state index in [1.165, 1.54) is 4.88 Å². The molecule has 0 amide bonds. The first-order valence-electron chi connectivity index (χ1n) is 6.79. The monoisotopic (exact) mass is 291 g/mol. The van der Waals surface area contributed by atoms with Gasteiger partial charge in [0.25, 0.3) is 0 Å². The molecule has 2 aromatic rings. The van der Waals surface area contributed by atoms with Crippen molar-refractivity contribution in [3.63, 3.8) is 0 Å². The highest BCUT2D eigenvalue weighted by Crippen LogP contribution is 2.18. The van der Waals surface area contributed by atoms with Crippen LogP contribution in [0.25, 0.3) is 0 Å². The molecule has 0 aliphatic carbocycles. The Labute approximate surface area is 124 Å². The fraction of sp³-hybridized carbons (Fsp3) is 0.375. The second kappa shape index (κ2) is 7.43. The van der Waals surface area contributed by atoms with Gasteiger partial charge in [0.2, 0.25) is 0 Å². The maximum atomic E-state index is 9.94. The van der Waals surface area contributed by atoms with Gasteiger partial charge in [0, 0.05) is 17.5 Å². The summed E-state index contributed by atoms with van der Waals surface area (Å²) in [6.07, 6.45) is -0.516. The highest BCUT2D eigenvalue weighted by atomic mass is 32.1. The summed E-state index contributed by atoms with van der Waals surface area (Å²) >= 11 is 1.72. The number of hydrogen-bond donors (Lipinski definition) is 2. The van der Waals surface area contributed by atoms with E-state index in [0.29, 0.717) is 13.2 Å². The van der Waals surface area contributed by atoms with Gasteiger partial charge in [-0.1, -0.05) is 18.2 Å². The minimum absolute atomic E-state index is 0.253. The van der Waals surface area contributed by atoms with E-state index in [1.807, 2.05) is 37.3 Å². The van der Waals surface area contributed by atoms with Gasteiger partial charge in [-0.15, -0.1) is 11.3 Å². The third-order valence-corrected chi connectivity index (χ3v) is 4.12. The van der Waals surface area contributed by atoms with Crippen LogP contribution < -0.4 is 10.1 Å². The fourth-order valence-corrected chi connectivity index (χ4v) is 2.67. The number of aliphatic hydroxyl groups excluding tert-OH is 1. The van der Waals surface area contributed by atoms with E-state index in [4.69, 9.17) is 4.74 Å². The van der Waals surface area contributed by atoms with E-state index in [9.17, 15) is 5.11 Å². The average Bonchev–Trinajstić information content (AvgIpc) is 2.97. The molecule has 1 unspecified atom stereocenters. The van der Waals surface area contributed by atoms with Crippen molar-refractivity contribution in [3.05, 3.63) is 52.2 Å². The number of aliphatic hydroxyl groups is 1. The quantitative estimate of drug-likeness (QED) is 0.823. The SMILES string of the molecule is Cc1cccc(OCC(O)CN[C@@H](C)c2cccs2)c1. The van der Waals surface area contributed by atoms with Crippen LogP contribution >= 0.6 is 11.3 Å². The molecule has 3 nitrogen and oxygen atoms in total. The Morgan fingerprint density at radius 2 is 2.15 bits per heavy atom. The largest absolute Gasteiger partial charge is 0.491 e. The van der Waals surface area contributed by atoms with Gasteiger partial charge >= 0.3 is 0 Å². The zero-order valence-electron chi connectivity index (χ0n) is 11.9. The van der Waals surface area contributed by atoms with Gasteiger partial charge in [0.1, 0.15) is 18.5 Å². The van der Waals surface area contributed by atoms with Gasteiger partial charge in [-0.25, -0.2) is 0 Å². The maximum absolute atomic E-state index is 9.94. The minimum atomic E-state index is -0.516. The van der Waals surface area contributed by atoms with Crippen molar-refractivity contribution in [2.45, 2.75) is 26.0 Å². The molecule has 0 aliphatic rings. The lowest BCUT2D eigenvalue weighted by Gasteiger charge is -2.17. The molecule has 20 heavy (non-hydrogen) atoms. The predicted octanol–water partition coefficient (Wildman–Crippen LogP) is 3.15. The van der Waals surface area contributed by atoms with Crippen LogP contribution in [0.3, 0.4) is 0 Å². The Bertz CT molecular complexity index is 513. The molecule has 0 saturated heterocycles.